The van der Waals surface area contributed by atoms with Crippen LogP contribution in [0.2, 0.25) is 10.0 Å². The summed E-state index contributed by atoms with van der Waals surface area (Å²) >= 11 is 11.8. The first-order valence-corrected chi connectivity index (χ1v) is 8.02. The molecule has 0 aliphatic carbocycles. The molecule has 0 saturated carbocycles. The minimum Gasteiger partial charge on any atom is -0.352 e. The van der Waals surface area contributed by atoms with Crippen molar-refractivity contribution in [3.8, 4) is 0 Å². The maximum Gasteiger partial charge on any atom is 0.254 e. The summed E-state index contributed by atoms with van der Waals surface area (Å²) < 4.78 is 13.1. The molecule has 0 bridgehead atoms. The molecule has 0 radical (unpaired) electrons. The molecular weight excluding hydrogens is 354 g/mol. The largest absolute Gasteiger partial charge is 0.352 e. The smallest absolute Gasteiger partial charge is 0.254 e. The predicted octanol–water partition coefficient (Wildman–Crippen LogP) is 3.45. The topological polar surface area (TPSA) is 49.4 Å². The van der Waals surface area contributed by atoms with Crippen LogP contribution in [-0.4, -0.2) is 29.8 Å². The van der Waals surface area contributed by atoms with Crippen molar-refractivity contribution in [1.29, 1.82) is 0 Å². The zero-order chi connectivity index (χ0) is 17.3. The quantitative estimate of drug-likeness (QED) is 0.884. The molecule has 1 N–H and O–H groups in total. The number of carbonyl (C=O) groups excluding carboxylic acids is 2. The van der Waals surface area contributed by atoms with Crippen LogP contribution in [0.3, 0.4) is 0 Å². The number of carbonyl (C=O) groups is 2. The molecule has 2 amide bonds. The molecule has 1 aliphatic rings. The molecule has 0 spiro atoms. The molecule has 1 atom stereocenters. The lowest BCUT2D eigenvalue weighted by atomic mass is 10.0. The van der Waals surface area contributed by atoms with Gasteiger partial charge >= 0.3 is 0 Å². The van der Waals surface area contributed by atoms with Crippen LogP contribution in [0.4, 0.5) is 4.39 Å². The number of hydrogen-bond acceptors (Lipinski definition) is 2. The summed E-state index contributed by atoms with van der Waals surface area (Å²) in [6, 6.07) is 9.28. The van der Waals surface area contributed by atoms with E-state index in [0.717, 1.165) is 0 Å². The fraction of sp³-hybridized carbons (Fsp3) is 0.176. The van der Waals surface area contributed by atoms with Gasteiger partial charge in [0.15, 0.2) is 0 Å². The highest BCUT2D eigenvalue weighted by Crippen LogP contribution is 2.28. The van der Waals surface area contributed by atoms with Gasteiger partial charge in [0.2, 0.25) is 5.91 Å². The first-order chi connectivity index (χ1) is 11.5. The monoisotopic (exact) mass is 366 g/mol. The lowest BCUT2D eigenvalue weighted by Gasteiger charge is -2.35. The van der Waals surface area contributed by atoms with Crippen molar-refractivity contribution in [2.45, 2.75) is 6.04 Å². The Bertz CT molecular complexity index is 796. The van der Waals surface area contributed by atoms with Crippen molar-refractivity contribution in [3.05, 3.63) is 69.5 Å². The number of benzene rings is 2. The van der Waals surface area contributed by atoms with Crippen LogP contribution in [0.15, 0.2) is 42.5 Å². The van der Waals surface area contributed by atoms with Crippen LogP contribution in [-0.2, 0) is 4.79 Å². The lowest BCUT2D eigenvalue weighted by molar-refractivity contribution is -0.128. The first kappa shape index (κ1) is 16.7. The van der Waals surface area contributed by atoms with E-state index >= 15 is 0 Å². The molecule has 1 heterocycles. The zero-order valence-corrected chi connectivity index (χ0v) is 13.9. The Labute approximate surface area is 148 Å². The molecule has 0 aromatic heterocycles. The van der Waals surface area contributed by atoms with Crippen LogP contribution in [0.1, 0.15) is 22.0 Å². The fourth-order valence-corrected chi connectivity index (χ4v) is 2.96. The van der Waals surface area contributed by atoms with Gasteiger partial charge in [0.25, 0.3) is 5.91 Å². The van der Waals surface area contributed by atoms with Crippen molar-refractivity contribution in [2.75, 3.05) is 13.1 Å². The molecule has 1 aliphatic heterocycles. The number of nitrogens with zero attached hydrogens (tertiary/aromatic N) is 1. The predicted molar refractivity (Wildman–Crippen MR) is 89.6 cm³/mol. The fourth-order valence-electron chi connectivity index (χ4n) is 2.66. The molecule has 1 unspecified atom stereocenters. The summed E-state index contributed by atoms with van der Waals surface area (Å²) in [7, 11) is 0. The average Bonchev–Trinajstić information content (AvgIpc) is 2.57. The number of amides is 2. The molecule has 1 saturated heterocycles. The van der Waals surface area contributed by atoms with Crippen molar-refractivity contribution < 1.29 is 14.0 Å². The number of piperazine rings is 1. The normalized spacial score (nSPS) is 17.5. The van der Waals surface area contributed by atoms with E-state index in [9.17, 15) is 14.0 Å². The lowest BCUT2D eigenvalue weighted by Crippen LogP contribution is -2.52. The average molecular weight is 367 g/mol. The van der Waals surface area contributed by atoms with E-state index in [4.69, 9.17) is 23.2 Å². The number of nitrogens with one attached hydrogen (secondary N) is 1. The van der Waals surface area contributed by atoms with E-state index in [1.54, 1.807) is 6.07 Å². The van der Waals surface area contributed by atoms with Crippen LogP contribution in [0.25, 0.3) is 0 Å². The van der Waals surface area contributed by atoms with E-state index < -0.39 is 11.9 Å². The molecule has 2 aromatic carbocycles. The minimum atomic E-state index is -0.818. The van der Waals surface area contributed by atoms with Crippen molar-refractivity contribution in [2.24, 2.45) is 0 Å². The third-order valence-electron chi connectivity index (χ3n) is 3.83. The van der Waals surface area contributed by atoms with Gasteiger partial charge in [-0.2, -0.15) is 0 Å². The summed E-state index contributed by atoms with van der Waals surface area (Å²) in [5, 5.41) is 3.34. The van der Waals surface area contributed by atoms with Crippen LogP contribution < -0.4 is 5.32 Å². The van der Waals surface area contributed by atoms with Crippen LogP contribution in [0.5, 0.6) is 0 Å². The van der Waals surface area contributed by atoms with Crippen LogP contribution >= 0.6 is 23.2 Å². The van der Waals surface area contributed by atoms with Crippen LogP contribution in [0, 0.1) is 5.82 Å². The van der Waals surface area contributed by atoms with Gasteiger partial charge in [-0.25, -0.2) is 4.39 Å². The Hall–Kier alpha value is -2.11. The summed E-state index contributed by atoms with van der Waals surface area (Å²) in [5.41, 5.74) is 0.883. The molecule has 7 heteroatoms. The maximum absolute atomic E-state index is 13.1. The van der Waals surface area contributed by atoms with Gasteiger partial charge in [0.1, 0.15) is 11.9 Å². The molecule has 1 fully saturated rings. The minimum absolute atomic E-state index is 0.266. The van der Waals surface area contributed by atoms with Crippen molar-refractivity contribution in [3.63, 3.8) is 0 Å². The first-order valence-electron chi connectivity index (χ1n) is 7.26. The second kappa shape index (κ2) is 6.79. The second-order valence-electron chi connectivity index (χ2n) is 5.37. The highest BCUT2D eigenvalue weighted by atomic mass is 35.5. The van der Waals surface area contributed by atoms with Gasteiger partial charge in [-0.05, 0) is 35.9 Å². The van der Waals surface area contributed by atoms with Gasteiger partial charge in [-0.3, -0.25) is 9.59 Å². The second-order valence-corrected chi connectivity index (χ2v) is 6.19. The Balaban J connectivity index is 1.96. The molecule has 3 rings (SSSR count). The summed E-state index contributed by atoms with van der Waals surface area (Å²) in [4.78, 5) is 26.6. The SMILES string of the molecule is O=C1NCCN(C(=O)c2ccc(Cl)c(Cl)c2)C1c1ccc(F)cc1. The summed E-state index contributed by atoms with van der Waals surface area (Å²) in [6.45, 7) is 0.691. The Morgan fingerprint density at radius 3 is 2.50 bits per heavy atom. The van der Waals surface area contributed by atoms with Gasteiger partial charge in [-0.1, -0.05) is 35.3 Å². The highest BCUT2D eigenvalue weighted by molar-refractivity contribution is 6.42. The van der Waals surface area contributed by atoms with Gasteiger partial charge < -0.3 is 10.2 Å². The summed E-state index contributed by atoms with van der Waals surface area (Å²) in [6.07, 6.45) is 0. The van der Waals surface area contributed by atoms with E-state index in [1.165, 1.54) is 41.3 Å². The molecule has 2 aromatic rings. The third kappa shape index (κ3) is 3.23. The molecule has 124 valence electrons. The third-order valence-corrected chi connectivity index (χ3v) is 4.56. The van der Waals surface area contributed by atoms with Crippen molar-refractivity contribution >= 4 is 35.0 Å². The molecule has 24 heavy (non-hydrogen) atoms. The number of halogens is 3. The maximum atomic E-state index is 13.1. The number of hydrogen-bond donors (Lipinski definition) is 1. The van der Waals surface area contributed by atoms with Gasteiger partial charge in [0, 0.05) is 18.7 Å². The summed E-state index contributed by atoms with van der Waals surface area (Å²) in [5.74, 6) is -1.05. The Morgan fingerprint density at radius 1 is 1.12 bits per heavy atom. The van der Waals surface area contributed by atoms with E-state index in [0.29, 0.717) is 29.2 Å². The Morgan fingerprint density at radius 2 is 1.83 bits per heavy atom. The van der Waals surface area contributed by atoms with E-state index in [2.05, 4.69) is 5.32 Å². The van der Waals surface area contributed by atoms with Gasteiger partial charge in [0.05, 0.1) is 10.0 Å². The van der Waals surface area contributed by atoms with E-state index in [-0.39, 0.29) is 16.8 Å². The van der Waals surface area contributed by atoms with Gasteiger partial charge in [-0.15, -0.1) is 0 Å². The number of rotatable bonds is 2. The standard InChI is InChI=1S/C17H13Cl2FN2O2/c18-13-6-3-11(9-14(13)19)17(24)22-8-7-21-16(23)15(22)10-1-4-12(20)5-2-10/h1-6,9,15H,7-8H2,(H,21,23). The van der Waals surface area contributed by atoms with Crippen molar-refractivity contribution in [1.82, 2.24) is 10.2 Å². The molecule has 4 nitrogen and oxygen atoms in total. The zero-order valence-electron chi connectivity index (χ0n) is 12.4. The van der Waals surface area contributed by atoms with E-state index in [1.807, 2.05) is 0 Å². The Kier molecular flexibility index (Phi) is 4.73. The molecular formula is C17H13Cl2FN2O2. The highest BCUT2D eigenvalue weighted by Gasteiger charge is 2.34.